The molecule has 0 atom stereocenters. The Hall–Kier alpha value is -2.38. The van der Waals surface area contributed by atoms with E-state index >= 15 is 0 Å². The van der Waals surface area contributed by atoms with Crippen molar-refractivity contribution in [2.75, 3.05) is 5.75 Å². The minimum atomic E-state index is -0.417. The molecular weight excluding hydrogens is 348 g/mol. The first kappa shape index (κ1) is 16.5. The van der Waals surface area contributed by atoms with E-state index in [9.17, 15) is 9.59 Å². The molecule has 6 nitrogen and oxygen atoms in total. The lowest BCUT2D eigenvalue weighted by Gasteiger charge is -2.06. The maximum atomic E-state index is 11.9. The number of fused-ring (bicyclic) bond motifs is 1. The van der Waals surface area contributed by atoms with Crippen LogP contribution in [0, 0.1) is 0 Å². The molecule has 0 fully saturated rings. The first-order chi connectivity index (χ1) is 11.6. The molecule has 1 N–H and O–H groups in total. The maximum absolute atomic E-state index is 11.9. The number of carbonyl (C=O) groups excluding carboxylic acids is 1. The molecule has 2 heterocycles. The molecule has 1 aromatic carbocycles. The van der Waals surface area contributed by atoms with E-state index in [4.69, 9.17) is 11.6 Å². The number of amides is 1. The van der Waals surface area contributed by atoms with Crippen molar-refractivity contribution < 1.29 is 4.79 Å². The average molecular weight is 361 g/mol. The van der Waals surface area contributed by atoms with E-state index in [2.05, 4.69) is 15.3 Å². The number of halogens is 1. The largest absolute Gasteiger partial charge is 0.355 e. The molecular formula is C16H13ClN4O2S. The third-order valence-corrected chi connectivity index (χ3v) is 4.43. The SMILES string of the molecule is O=C(CSc1nc(=O)n2ccccc2n1)NCc1ccccc1Cl. The zero-order valence-corrected chi connectivity index (χ0v) is 14.0. The minimum Gasteiger partial charge on any atom is -0.351 e. The third kappa shape index (κ3) is 3.93. The molecule has 0 radical (unpaired) electrons. The van der Waals surface area contributed by atoms with E-state index in [-0.39, 0.29) is 16.8 Å². The molecule has 0 bridgehead atoms. The Morgan fingerprint density at radius 2 is 1.96 bits per heavy atom. The van der Waals surface area contributed by atoms with Gasteiger partial charge in [0.15, 0.2) is 5.16 Å². The van der Waals surface area contributed by atoms with Crippen molar-refractivity contribution in [3.05, 3.63) is 69.7 Å². The summed E-state index contributed by atoms with van der Waals surface area (Å²) in [5.74, 6) is -0.0656. The smallest absolute Gasteiger partial charge is 0.351 e. The van der Waals surface area contributed by atoms with E-state index in [1.54, 1.807) is 30.5 Å². The third-order valence-electron chi connectivity index (χ3n) is 3.21. The van der Waals surface area contributed by atoms with E-state index < -0.39 is 5.69 Å². The Bertz CT molecular complexity index is 945. The van der Waals surface area contributed by atoms with Crippen LogP contribution in [0.15, 0.2) is 58.6 Å². The summed E-state index contributed by atoms with van der Waals surface area (Å²) in [6, 6.07) is 12.5. The van der Waals surface area contributed by atoms with Crippen molar-refractivity contribution in [1.82, 2.24) is 19.7 Å². The number of nitrogens with one attached hydrogen (secondary N) is 1. The van der Waals surface area contributed by atoms with Crippen LogP contribution < -0.4 is 11.0 Å². The number of nitrogens with zero attached hydrogens (tertiary/aromatic N) is 3. The normalized spacial score (nSPS) is 10.7. The summed E-state index contributed by atoms with van der Waals surface area (Å²) in [4.78, 5) is 31.9. The molecule has 0 aliphatic carbocycles. The van der Waals surface area contributed by atoms with Gasteiger partial charge < -0.3 is 5.32 Å². The van der Waals surface area contributed by atoms with Crippen molar-refractivity contribution in [1.29, 1.82) is 0 Å². The number of thioether (sulfide) groups is 1. The highest BCUT2D eigenvalue weighted by Crippen LogP contribution is 2.15. The van der Waals surface area contributed by atoms with Crippen LogP contribution in [0.3, 0.4) is 0 Å². The molecule has 24 heavy (non-hydrogen) atoms. The number of pyridine rings is 1. The second kappa shape index (κ2) is 7.46. The van der Waals surface area contributed by atoms with Gasteiger partial charge in [0.05, 0.1) is 5.75 Å². The van der Waals surface area contributed by atoms with Crippen molar-refractivity contribution in [3.63, 3.8) is 0 Å². The fraction of sp³-hybridized carbons (Fsp3) is 0.125. The first-order valence-corrected chi connectivity index (χ1v) is 8.48. The van der Waals surface area contributed by atoms with Crippen LogP contribution in [0.25, 0.3) is 5.65 Å². The second-order valence-corrected chi connectivity index (χ2v) is 6.22. The number of hydrogen-bond acceptors (Lipinski definition) is 5. The number of aromatic nitrogens is 3. The summed E-state index contributed by atoms with van der Waals surface area (Å²) in [5.41, 5.74) is 0.925. The van der Waals surface area contributed by atoms with Gasteiger partial charge in [0.1, 0.15) is 5.65 Å². The van der Waals surface area contributed by atoms with Crippen LogP contribution in [-0.4, -0.2) is 26.0 Å². The number of benzene rings is 1. The lowest BCUT2D eigenvalue weighted by Crippen LogP contribution is -2.25. The Balaban J connectivity index is 1.60. The summed E-state index contributed by atoms with van der Waals surface area (Å²) >= 11 is 7.16. The van der Waals surface area contributed by atoms with E-state index in [0.717, 1.165) is 17.3 Å². The fourth-order valence-electron chi connectivity index (χ4n) is 2.03. The summed E-state index contributed by atoms with van der Waals surface area (Å²) in [7, 11) is 0. The van der Waals surface area contributed by atoms with Gasteiger partial charge in [-0.3, -0.25) is 9.20 Å². The highest BCUT2D eigenvalue weighted by Gasteiger charge is 2.08. The molecule has 3 rings (SSSR count). The van der Waals surface area contributed by atoms with Gasteiger partial charge in [-0.2, -0.15) is 4.98 Å². The van der Waals surface area contributed by atoms with Gasteiger partial charge in [-0.1, -0.05) is 47.6 Å². The molecule has 0 saturated carbocycles. The molecule has 0 aliphatic rings. The van der Waals surface area contributed by atoms with Crippen LogP contribution in [0.4, 0.5) is 0 Å². The lowest BCUT2D eigenvalue weighted by atomic mass is 10.2. The molecule has 0 aliphatic heterocycles. The molecule has 3 aromatic rings. The highest BCUT2D eigenvalue weighted by atomic mass is 35.5. The van der Waals surface area contributed by atoms with Crippen LogP contribution in [0.2, 0.25) is 5.02 Å². The van der Waals surface area contributed by atoms with Gasteiger partial charge in [-0.05, 0) is 23.8 Å². The molecule has 0 spiro atoms. The topological polar surface area (TPSA) is 76.4 Å². The van der Waals surface area contributed by atoms with Crippen molar-refractivity contribution in [2.45, 2.75) is 11.7 Å². The second-order valence-electron chi connectivity index (χ2n) is 4.87. The van der Waals surface area contributed by atoms with Crippen LogP contribution in [-0.2, 0) is 11.3 Å². The van der Waals surface area contributed by atoms with Gasteiger partial charge in [-0.25, -0.2) is 9.78 Å². The molecule has 0 unspecified atom stereocenters. The van der Waals surface area contributed by atoms with Gasteiger partial charge in [0, 0.05) is 17.8 Å². The lowest BCUT2D eigenvalue weighted by molar-refractivity contribution is -0.118. The monoisotopic (exact) mass is 360 g/mol. The molecule has 2 aromatic heterocycles. The van der Waals surface area contributed by atoms with Crippen LogP contribution >= 0.6 is 23.4 Å². The Kier molecular flexibility index (Phi) is 5.12. The fourth-order valence-corrected chi connectivity index (χ4v) is 2.89. The Morgan fingerprint density at radius 1 is 1.17 bits per heavy atom. The summed E-state index contributed by atoms with van der Waals surface area (Å²) in [6.07, 6.45) is 1.60. The summed E-state index contributed by atoms with van der Waals surface area (Å²) < 4.78 is 1.35. The number of hydrogen-bond donors (Lipinski definition) is 1. The van der Waals surface area contributed by atoms with E-state index in [0.29, 0.717) is 17.2 Å². The Labute approximate surface area is 146 Å². The quantitative estimate of drug-likeness (QED) is 0.705. The van der Waals surface area contributed by atoms with E-state index in [1.807, 2.05) is 18.2 Å². The van der Waals surface area contributed by atoms with Crippen molar-refractivity contribution in [3.8, 4) is 0 Å². The van der Waals surface area contributed by atoms with Gasteiger partial charge in [-0.15, -0.1) is 0 Å². The average Bonchev–Trinajstić information content (AvgIpc) is 2.59. The standard InChI is InChI=1S/C16H13ClN4O2S/c17-12-6-2-1-5-11(12)9-18-14(22)10-24-15-19-13-7-3-4-8-21(13)16(23)20-15/h1-8H,9-10H2,(H,18,22). The molecule has 0 saturated heterocycles. The van der Waals surface area contributed by atoms with E-state index in [1.165, 1.54) is 4.40 Å². The van der Waals surface area contributed by atoms with Crippen LogP contribution in [0.5, 0.6) is 0 Å². The number of rotatable bonds is 5. The molecule has 8 heteroatoms. The zero-order chi connectivity index (χ0) is 16.9. The van der Waals surface area contributed by atoms with Crippen LogP contribution in [0.1, 0.15) is 5.56 Å². The summed E-state index contributed by atoms with van der Waals surface area (Å²) in [5, 5.41) is 3.66. The van der Waals surface area contributed by atoms with Gasteiger partial charge in [0.25, 0.3) is 0 Å². The van der Waals surface area contributed by atoms with Gasteiger partial charge >= 0.3 is 5.69 Å². The predicted molar refractivity (Wildman–Crippen MR) is 93.3 cm³/mol. The highest BCUT2D eigenvalue weighted by molar-refractivity contribution is 7.99. The number of carbonyl (C=O) groups is 1. The molecule has 1 amide bonds. The predicted octanol–water partition coefficient (Wildman–Crippen LogP) is 2.15. The summed E-state index contributed by atoms with van der Waals surface area (Å²) in [6.45, 7) is 0.348. The first-order valence-electron chi connectivity index (χ1n) is 7.12. The van der Waals surface area contributed by atoms with Crippen molar-refractivity contribution >= 4 is 34.9 Å². The van der Waals surface area contributed by atoms with Gasteiger partial charge in [0.2, 0.25) is 5.91 Å². The molecule has 122 valence electrons. The maximum Gasteiger partial charge on any atom is 0.355 e. The van der Waals surface area contributed by atoms with Crippen molar-refractivity contribution in [2.24, 2.45) is 0 Å². The Morgan fingerprint density at radius 3 is 2.79 bits per heavy atom. The minimum absolute atomic E-state index is 0.118. The zero-order valence-electron chi connectivity index (χ0n) is 12.5.